The maximum absolute atomic E-state index is 12.4. The minimum Gasteiger partial charge on any atom is -0.282 e. The van der Waals surface area contributed by atoms with E-state index in [9.17, 15) is 19.2 Å². The number of nitrogens with zero attached hydrogens (tertiary/aromatic N) is 2. The van der Waals surface area contributed by atoms with Crippen LogP contribution in [0.25, 0.3) is 0 Å². The summed E-state index contributed by atoms with van der Waals surface area (Å²) in [4.78, 5) is 52.5. The number of imide groups is 2. The molecule has 2 aliphatic heterocycles. The van der Waals surface area contributed by atoms with Crippen LogP contribution in [0.3, 0.4) is 0 Å². The number of hydrogen-bond donors (Lipinski definition) is 0. The van der Waals surface area contributed by atoms with Crippen molar-refractivity contribution in [1.82, 2.24) is 9.80 Å². The summed E-state index contributed by atoms with van der Waals surface area (Å²) in [7, 11) is 0. The Bertz CT molecular complexity index is 480. The quantitative estimate of drug-likeness (QED) is 0.465. The van der Waals surface area contributed by atoms with Crippen molar-refractivity contribution in [3.05, 3.63) is 0 Å². The molecule has 2 rings (SSSR count). The topological polar surface area (TPSA) is 74.8 Å². The van der Waals surface area contributed by atoms with Gasteiger partial charge in [-0.3, -0.25) is 29.0 Å². The highest BCUT2D eigenvalue weighted by Crippen LogP contribution is 2.32. The fourth-order valence-corrected chi connectivity index (χ4v) is 4.52. The molecular weight excluding hydrogens is 332 g/mol. The molecule has 26 heavy (non-hydrogen) atoms. The molecule has 2 saturated heterocycles. The van der Waals surface area contributed by atoms with Crippen molar-refractivity contribution in [2.45, 2.75) is 66.2 Å². The summed E-state index contributed by atoms with van der Waals surface area (Å²) in [6.07, 6.45) is 3.99. The maximum Gasteiger partial charge on any atom is 0.233 e. The summed E-state index contributed by atoms with van der Waals surface area (Å²) in [5.41, 5.74) is 0. The second-order valence-electron chi connectivity index (χ2n) is 7.42. The van der Waals surface area contributed by atoms with Gasteiger partial charge in [0.2, 0.25) is 23.6 Å². The zero-order chi connectivity index (χ0) is 19.4. The average molecular weight is 364 g/mol. The molecule has 2 heterocycles. The molecule has 0 aliphatic carbocycles. The Morgan fingerprint density at radius 3 is 0.962 bits per heavy atom. The van der Waals surface area contributed by atoms with Gasteiger partial charge in [0.15, 0.2) is 0 Å². The Hall–Kier alpha value is -1.72. The molecule has 0 aromatic heterocycles. The number of likely N-dealkylation sites (tertiary alicyclic amines) is 2. The number of amides is 4. The fourth-order valence-electron chi connectivity index (χ4n) is 4.52. The molecule has 6 nitrogen and oxygen atoms in total. The van der Waals surface area contributed by atoms with Crippen molar-refractivity contribution in [2.24, 2.45) is 23.7 Å². The first-order valence-corrected chi connectivity index (χ1v) is 10.1. The average Bonchev–Trinajstić information content (AvgIpc) is 3.01. The zero-order valence-electron chi connectivity index (χ0n) is 16.5. The van der Waals surface area contributed by atoms with Crippen molar-refractivity contribution in [3.63, 3.8) is 0 Å². The van der Waals surface area contributed by atoms with Gasteiger partial charge in [-0.05, 0) is 38.5 Å². The lowest BCUT2D eigenvalue weighted by Crippen LogP contribution is -2.34. The third-order valence-corrected chi connectivity index (χ3v) is 6.08. The van der Waals surface area contributed by atoms with Crippen molar-refractivity contribution in [3.8, 4) is 0 Å². The Morgan fingerprint density at radius 1 is 0.538 bits per heavy atom. The molecule has 4 atom stereocenters. The Kier molecular flexibility index (Phi) is 6.95. The third kappa shape index (κ3) is 3.55. The van der Waals surface area contributed by atoms with Crippen molar-refractivity contribution < 1.29 is 19.2 Å². The number of unbranched alkanes of at least 4 members (excludes halogenated alkanes) is 1. The molecule has 4 unspecified atom stereocenters. The molecule has 0 spiro atoms. The van der Waals surface area contributed by atoms with Crippen LogP contribution in [0.4, 0.5) is 0 Å². The lowest BCUT2D eigenvalue weighted by atomic mass is 9.91. The minimum absolute atomic E-state index is 0.0604. The van der Waals surface area contributed by atoms with E-state index in [1.165, 1.54) is 9.80 Å². The van der Waals surface area contributed by atoms with Gasteiger partial charge in [0, 0.05) is 36.8 Å². The number of hydrogen-bond acceptors (Lipinski definition) is 4. The summed E-state index contributed by atoms with van der Waals surface area (Å²) in [6.45, 7) is 8.55. The first-order chi connectivity index (χ1) is 12.4. The van der Waals surface area contributed by atoms with Gasteiger partial charge in [0.05, 0.1) is 0 Å². The Balaban J connectivity index is 1.87. The number of carbonyl (C=O) groups excluding carboxylic acids is 4. The van der Waals surface area contributed by atoms with Crippen LogP contribution in [0, 0.1) is 23.7 Å². The highest BCUT2D eigenvalue weighted by molar-refractivity contribution is 6.05. The molecule has 6 heteroatoms. The van der Waals surface area contributed by atoms with Gasteiger partial charge in [-0.1, -0.05) is 27.7 Å². The van der Waals surface area contributed by atoms with E-state index in [4.69, 9.17) is 0 Å². The van der Waals surface area contributed by atoms with Crippen LogP contribution >= 0.6 is 0 Å². The van der Waals surface area contributed by atoms with Crippen LogP contribution in [0.15, 0.2) is 0 Å². The van der Waals surface area contributed by atoms with Crippen LogP contribution in [0.5, 0.6) is 0 Å². The Morgan fingerprint density at radius 2 is 0.769 bits per heavy atom. The standard InChI is InChI=1S/C20H32N2O4/c1-5-13-14(6-2)18(24)21(17(13)23)11-9-10-12-22-19(25)15(7-3)16(8-4)20(22)26/h13-16H,5-12H2,1-4H3. The monoisotopic (exact) mass is 364 g/mol. The maximum atomic E-state index is 12.4. The third-order valence-electron chi connectivity index (χ3n) is 6.08. The van der Waals surface area contributed by atoms with Gasteiger partial charge in [-0.2, -0.15) is 0 Å². The van der Waals surface area contributed by atoms with Crippen LogP contribution in [0.2, 0.25) is 0 Å². The highest BCUT2D eigenvalue weighted by atomic mass is 16.2. The summed E-state index contributed by atoms with van der Waals surface area (Å²) in [5, 5.41) is 0. The predicted molar refractivity (Wildman–Crippen MR) is 97.8 cm³/mol. The van der Waals surface area contributed by atoms with Crippen molar-refractivity contribution >= 4 is 23.6 Å². The molecule has 4 amide bonds. The molecule has 0 saturated carbocycles. The van der Waals surface area contributed by atoms with Gasteiger partial charge < -0.3 is 0 Å². The van der Waals surface area contributed by atoms with E-state index in [1.807, 2.05) is 27.7 Å². The predicted octanol–water partition coefficient (Wildman–Crippen LogP) is 2.61. The van der Waals surface area contributed by atoms with Crippen LogP contribution < -0.4 is 0 Å². The SMILES string of the molecule is CCC1C(=O)N(CCCCN2C(=O)C(CC)C(CC)C2=O)C(=O)C1CC. The van der Waals surface area contributed by atoms with Gasteiger partial charge >= 0.3 is 0 Å². The second kappa shape index (κ2) is 8.78. The summed E-state index contributed by atoms with van der Waals surface area (Å²) in [5.74, 6) is -1.00. The lowest BCUT2D eigenvalue weighted by molar-refractivity contribution is -0.142. The molecule has 2 fully saturated rings. The fraction of sp³-hybridized carbons (Fsp3) is 0.800. The minimum atomic E-state index is -0.190. The number of rotatable bonds is 9. The van der Waals surface area contributed by atoms with E-state index in [0.717, 1.165) is 0 Å². The highest BCUT2D eigenvalue weighted by Gasteiger charge is 2.46. The summed E-state index contributed by atoms with van der Waals surface area (Å²) in [6, 6.07) is 0. The second-order valence-corrected chi connectivity index (χ2v) is 7.42. The molecule has 2 aliphatic rings. The van der Waals surface area contributed by atoms with Crippen molar-refractivity contribution in [2.75, 3.05) is 13.1 Å². The van der Waals surface area contributed by atoms with E-state index < -0.39 is 0 Å². The number of carbonyl (C=O) groups is 4. The molecule has 0 N–H and O–H groups in total. The van der Waals surface area contributed by atoms with Gasteiger partial charge in [0.1, 0.15) is 0 Å². The van der Waals surface area contributed by atoms with Crippen LogP contribution in [-0.2, 0) is 19.2 Å². The molecular formula is C20H32N2O4. The summed E-state index contributed by atoms with van der Waals surface area (Å²) < 4.78 is 0. The van der Waals surface area contributed by atoms with E-state index >= 15 is 0 Å². The zero-order valence-corrected chi connectivity index (χ0v) is 16.5. The van der Waals surface area contributed by atoms with E-state index in [0.29, 0.717) is 51.6 Å². The lowest BCUT2D eigenvalue weighted by Gasteiger charge is -2.17. The molecule has 0 bridgehead atoms. The normalized spacial score (nSPS) is 29.4. The van der Waals surface area contributed by atoms with Crippen LogP contribution in [-0.4, -0.2) is 46.5 Å². The summed E-state index contributed by atoms with van der Waals surface area (Å²) >= 11 is 0. The first-order valence-electron chi connectivity index (χ1n) is 10.1. The first kappa shape index (κ1) is 20.6. The largest absolute Gasteiger partial charge is 0.282 e. The van der Waals surface area contributed by atoms with Crippen LogP contribution in [0.1, 0.15) is 66.2 Å². The van der Waals surface area contributed by atoms with E-state index in [-0.39, 0.29) is 47.3 Å². The molecule has 0 radical (unpaired) electrons. The molecule has 0 aromatic rings. The molecule has 0 aromatic carbocycles. The smallest absolute Gasteiger partial charge is 0.233 e. The van der Waals surface area contributed by atoms with Crippen molar-refractivity contribution in [1.29, 1.82) is 0 Å². The Labute approximate surface area is 156 Å². The van der Waals surface area contributed by atoms with Gasteiger partial charge in [0.25, 0.3) is 0 Å². The molecule has 146 valence electrons. The van der Waals surface area contributed by atoms with E-state index in [2.05, 4.69) is 0 Å². The van der Waals surface area contributed by atoms with E-state index in [1.54, 1.807) is 0 Å². The van der Waals surface area contributed by atoms with Gasteiger partial charge in [-0.25, -0.2) is 0 Å². The van der Waals surface area contributed by atoms with Gasteiger partial charge in [-0.15, -0.1) is 0 Å².